The van der Waals surface area contributed by atoms with Crippen LogP contribution >= 0.6 is 31.9 Å². The Balaban J connectivity index is 2.93. The molecule has 0 aliphatic heterocycles. The monoisotopic (exact) mass is 362 g/mol. The Morgan fingerprint density at radius 1 is 1.35 bits per heavy atom. The van der Waals surface area contributed by atoms with Crippen molar-refractivity contribution in [2.24, 2.45) is 0 Å². The molecule has 5 heteroatoms. The van der Waals surface area contributed by atoms with Gasteiger partial charge in [-0.25, -0.2) is 4.79 Å². The third-order valence-corrected chi connectivity index (χ3v) is 4.33. The number of carbonyl (C=O) groups excluding carboxylic acids is 2. The van der Waals surface area contributed by atoms with Gasteiger partial charge in [-0.2, -0.15) is 0 Å². The molecular formula is C12H12Br2O3. The number of hydrogen-bond donors (Lipinski definition) is 0. The molecule has 1 unspecified atom stereocenters. The van der Waals surface area contributed by atoms with Gasteiger partial charge in [0.25, 0.3) is 0 Å². The van der Waals surface area contributed by atoms with E-state index in [0.717, 1.165) is 0 Å². The minimum atomic E-state index is -0.410. The summed E-state index contributed by atoms with van der Waals surface area (Å²) in [6.45, 7) is 2.06. The van der Waals surface area contributed by atoms with Crippen molar-refractivity contribution >= 4 is 43.6 Å². The number of ketones is 1. The van der Waals surface area contributed by atoms with E-state index in [2.05, 4.69) is 31.9 Å². The minimum absolute atomic E-state index is 0.0620. The van der Waals surface area contributed by atoms with Gasteiger partial charge in [-0.3, -0.25) is 4.79 Å². The number of esters is 1. The van der Waals surface area contributed by atoms with Crippen LogP contribution < -0.4 is 0 Å². The topological polar surface area (TPSA) is 43.4 Å². The maximum atomic E-state index is 11.9. The van der Waals surface area contributed by atoms with Gasteiger partial charge in [-0.05, 0) is 19.1 Å². The molecule has 1 aromatic rings. The highest BCUT2D eigenvalue weighted by Crippen LogP contribution is 2.14. The zero-order chi connectivity index (χ0) is 12.8. The molecule has 0 saturated carbocycles. The van der Waals surface area contributed by atoms with E-state index in [0.29, 0.717) is 23.1 Å². The van der Waals surface area contributed by atoms with E-state index in [4.69, 9.17) is 4.74 Å². The fourth-order valence-corrected chi connectivity index (χ4v) is 1.82. The highest BCUT2D eigenvalue weighted by Gasteiger charge is 2.17. The summed E-state index contributed by atoms with van der Waals surface area (Å²) in [4.78, 5) is 23.1. The lowest BCUT2D eigenvalue weighted by molar-refractivity contribution is 0.0526. The molecule has 0 bridgehead atoms. The van der Waals surface area contributed by atoms with Crippen molar-refractivity contribution in [1.29, 1.82) is 0 Å². The second-order valence-electron chi connectivity index (χ2n) is 3.29. The van der Waals surface area contributed by atoms with E-state index in [1.807, 2.05) is 0 Å². The van der Waals surface area contributed by atoms with E-state index in [9.17, 15) is 9.59 Å². The number of alkyl halides is 2. The number of rotatable bonds is 5. The van der Waals surface area contributed by atoms with Crippen LogP contribution in [-0.4, -0.2) is 28.5 Å². The van der Waals surface area contributed by atoms with Crippen LogP contribution in [0.5, 0.6) is 0 Å². The molecule has 92 valence electrons. The Labute approximate surface area is 117 Å². The van der Waals surface area contributed by atoms with E-state index < -0.39 is 5.97 Å². The zero-order valence-electron chi connectivity index (χ0n) is 9.28. The SMILES string of the molecule is CCOC(=O)c1cccc(C(=O)C(Br)CBr)c1. The molecule has 17 heavy (non-hydrogen) atoms. The summed E-state index contributed by atoms with van der Waals surface area (Å²) in [7, 11) is 0. The number of Topliss-reactive ketones (excluding diaryl/α,β-unsaturated/α-hetero) is 1. The normalized spacial score (nSPS) is 11.9. The van der Waals surface area contributed by atoms with Gasteiger partial charge in [0.15, 0.2) is 5.78 Å². The molecule has 0 fully saturated rings. The van der Waals surface area contributed by atoms with Crippen LogP contribution in [0.25, 0.3) is 0 Å². The number of hydrogen-bond acceptors (Lipinski definition) is 3. The van der Waals surface area contributed by atoms with Gasteiger partial charge in [-0.15, -0.1) is 0 Å². The largest absolute Gasteiger partial charge is 0.462 e. The van der Waals surface area contributed by atoms with Crippen LogP contribution in [-0.2, 0) is 4.74 Å². The highest BCUT2D eigenvalue weighted by molar-refractivity contribution is 9.12. The van der Waals surface area contributed by atoms with Crippen LogP contribution in [0.3, 0.4) is 0 Å². The van der Waals surface area contributed by atoms with Crippen LogP contribution in [0.2, 0.25) is 0 Å². The highest BCUT2D eigenvalue weighted by atomic mass is 79.9. The zero-order valence-corrected chi connectivity index (χ0v) is 12.5. The van der Waals surface area contributed by atoms with Crippen molar-refractivity contribution in [1.82, 2.24) is 0 Å². The van der Waals surface area contributed by atoms with Crippen LogP contribution in [0.15, 0.2) is 24.3 Å². The summed E-state index contributed by atoms with van der Waals surface area (Å²) in [6, 6.07) is 6.54. The molecule has 0 aliphatic carbocycles. The Bertz CT molecular complexity index is 418. The minimum Gasteiger partial charge on any atom is -0.462 e. The average Bonchev–Trinajstić information content (AvgIpc) is 2.37. The molecule has 0 radical (unpaired) electrons. The molecule has 0 N–H and O–H groups in total. The lowest BCUT2D eigenvalue weighted by atomic mass is 10.1. The van der Waals surface area contributed by atoms with Crippen molar-refractivity contribution in [3.05, 3.63) is 35.4 Å². The Morgan fingerprint density at radius 2 is 2.00 bits per heavy atom. The third-order valence-electron chi connectivity index (χ3n) is 2.08. The molecule has 0 heterocycles. The van der Waals surface area contributed by atoms with E-state index in [-0.39, 0.29) is 10.6 Å². The van der Waals surface area contributed by atoms with Crippen LogP contribution in [0.1, 0.15) is 27.6 Å². The van der Waals surface area contributed by atoms with E-state index in [1.165, 1.54) is 0 Å². The molecule has 1 atom stereocenters. The maximum Gasteiger partial charge on any atom is 0.338 e. The first-order valence-electron chi connectivity index (χ1n) is 5.11. The molecule has 0 saturated heterocycles. The fraction of sp³-hybridized carbons (Fsp3) is 0.333. The molecule has 0 aromatic heterocycles. The number of carbonyl (C=O) groups is 2. The van der Waals surface area contributed by atoms with Crippen molar-refractivity contribution in [3.8, 4) is 0 Å². The summed E-state index contributed by atoms with van der Waals surface area (Å²) >= 11 is 6.48. The number of benzene rings is 1. The van der Waals surface area contributed by atoms with Crippen LogP contribution in [0, 0.1) is 0 Å². The van der Waals surface area contributed by atoms with E-state index >= 15 is 0 Å². The second-order valence-corrected chi connectivity index (χ2v) is 5.04. The predicted molar refractivity (Wildman–Crippen MR) is 73.2 cm³/mol. The molecule has 0 amide bonds. The third kappa shape index (κ3) is 3.92. The van der Waals surface area contributed by atoms with Crippen molar-refractivity contribution < 1.29 is 14.3 Å². The van der Waals surface area contributed by atoms with Crippen molar-refractivity contribution in [3.63, 3.8) is 0 Å². The van der Waals surface area contributed by atoms with Gasteiger partial charge in [0.1, 0.15) is 0 Å². The Morgan fingerprint density at radius 3 is 2.59 bits per heavy atom. The quantitative estimate of drug-likeness (QED) is 0.458. The lowest BCUT2D eigenvalue weighted by Crippen LogP contribution is -2.16. The summed E-state index contributed by atoms with van der Waals surface area (Å²) in [6.07, 6.45) is 0. The van der Waals surface area contributed by atoms with Gasteiger partial charge < -0.3 is 4.74 Å². The van der Waals surface area contributed by atoms with Crippen molar-refractivity contribution in [2.45, 2.75) is 11.8 Å². The molecule has 1 rings (SSSR count). The predicted octanol–water partition coefficient (Wildman–Crippen LogP) is 3.20. The van der Waals surface area contributed by atoms with Crippen LogP contribution in [0.4, 0.5) is 0 Å². The van der Waals surface area contributed by atoms with Gasteiger partial charge >= 0.3 is 5.97 Å². The summed E-state index contributed by atoms with van der Waals surface area (Å²) < 4.78 is 4.88. The average molecular weight is 364 g/mol. The number of ether oxygens (including phenoxy) is 1. The van der Waals surface area contributed by atoms with Crippen molar-refractivity contribution in [2.75, 3.05) is 11.9 Å². The standard InChI is InChI=1S/C12H12Br2O3/c1-2-17-12(16)9-5-3-4-8(6-9)11(15)10(14)7-13/h3-6,10H,2,7H2,1H3. The van der Waals surface area contributed by atoms with Gasteiger partial charge in [0.2, 0.25) is 0 Å². The first-order valence-corrected chi connectivity index (χ1v) is 7.15. The molecule has 0 aliphatic rings. The smallest absolute Gasteiger partial charge is 0.338 e. The first kappa shape index (κ1) is 14.4. The molecular weight excluding hydrogens is 352 g/mol. The Kier molecular flexibility index (Phi) is 5.85. The molecule has 0 spiro atoms. The summed E-state index contributed by atoms with van der Waals surface area (Å²) in [5.74, 6) is -0.472. The summed E-state index contributed by atoms with van der Waals surface area (Å²) in [5, 5.41) is 0.523. The Hall–Kier alpha value is -0.680. The first-order chi connectivity index (χ1) is 8.10. The fourth-order valence-electron chi connectivity index (χ4n) is 1.26. The lowest BCUT2D eigenvalue weighted by Gasteiger charge is -2.07. The molecule has 1 aromatic carbocycles. The van der Waals surface area contributed by atoms with Gasteiger partial charge in [-0.1, -0.05) is 44.0 Å². The van der Waals surface area contributed by atoms with E-state index in [1.54, 1.807) is 31.2 Å². The molecule has 3 nitrogen and oxygen atoms in total. The second kappa shape index (κ2) is 6.91. The number of halogens is 2. The van der Waals surface area contributed by atoms with Gasteiger partial charge in [0, 0.05) is 10.9 Å². The van der Waals surface area contributed by atoms with Gasteiger partial charge in [0.05, 0.1) is 17.0 Å². The summed E-state index contributed by atoms with van der Waals surface area (Å²) in [5.41, 5.74) is 0.892. The maximum absolute atomic E-state index is 11.9.